The van der Waals surface area contributed by atoms with E-state index in [1.807, 2.05) is 0 Å². The molecule has 0 heterocycles. The summed E-state index contributed by atoms with van der Waals surface area (Å²) in [6.45, 7) is 1.71. The molecule has 0 aromatic heterocycles. The predicted molar refractivity (Wildman–Crippen MR) is 58.9 cm³/mol. The second-order valence-corrected chi connectivity index (χ2v) is 4.08. The highest BCUT2D eigenvalue weighted by atomic mass is 19.4. The Morgan fingerprint density at radius 3 is 2.00 bits per heavy atom. The van der Waals surface area contributed by atoms with E-state index in [-0.39, 0.29) is 11.8 Å². The number of nitrogens with zero attached hydrogens (tertiary/aromatic N) is 1. The van der Waals surface area contributed by atoms with Gasteiger partial charge in [-0.05, 0) is 33.2 Å². The maximum Gasteiger partial charge on any atom is 0.416 e. The van der Waals surface area contributed by atoms with Crippen LogP contribution in [-0.2, 0) is 6.18 Å². The van der Waals surface area contributed by atoms with Gasteiger partial charge in [0, 0.05) is 5.56 Å². The molecule has 1 aromatic carbocycles. The molecule has 17 heavy (non-hydrogen) atoms. The summed E-state index contributed by atoms with van der Waals surface area (Å²) in [5.41, 5.74) is -0.453. The number of likely N-dealkylation sites (N-methyl/N-ethyl adjacent to an activating group) is 1. The first-order chi connectivity index (χ1) is 7.73. The molecule has 0 spiro atoms. The summed E-state index contributed by atoms with van der Waals surface area (Å²) >= 11 is 0. The van der Waals surface area contributed by atoms with Gasteiger partial charge in [-0.15, -0.1) is 0 Å². The summed E-state index contributed by atoms with van der Waals surface area (Å²) in [5, 5.41) is 0. The Balaban J connectivity index is 2.92. The summed E-state index contributed by atoms with van der Waals surface area (Å²) in [6.07, 6.45) is -4.37. The molecule has 0 bridgehead atoms. The van der Waals surface area contributed by atoms with Gasteiger partial charge in [-0.2, -0.15) is 13.2 Å². The SMILES string of the molecule is CC(C(=O)c1ccc(C(F)(F)F)cc1)N(C)C. The van der Waals surface area contributed by atoms with Gasteiger partial charge in [-0.25, -0.2) is 0 Å². The maximum atomic E-state index is 12.3. The van der Waals surface area contributed by atoms with Crippen molar-refractivity contribution in [3.8, 4) is 0 Å². The number of rotatable bonds is 3. The van der Waals surface area contributed by atoms with Gasteiger partial charge in [0.05, 0.1) is 11.6 Å². The minimum Gasteiger partial charge on any atom is -0.300 e. The second-order valence-electron chi connectivity index (χ2n) is 4.08. The van der Waals surface area contributed by atoms with E-state index in [4.69, 9.17) is 0 Å². The van der Waals surface area contributed by atoms with Crippen LogP contribution in [0, 0.1) is 0 Å². The van der Waals surface area contributed by atoms with Gasteiger partial charge in [-0.1, -0.05) is 12.1 Å². The molecule has 2 nitrogen and oxygen atoms in total. The Kier molecular flexibility index (Phi) is 3.93. The van der Waals surface area contributed by atoms with Crippen molar-refractivity contribution in [3.63, 3.8) is 0 Å². The van der Waals surface area contributed by atoms with Crippen molar-refractivity contribution in [2.24, 2.45) is 0 Å². The van der Waals surface area contributed by atoms with Crippen LogP contribution in [-0.4, -0.2) is 30.8 Å². The molecule has 0 amide bonds. The van der Waals surface area contributed by atoms with E-state index in [2.05, 4.69) is 0 Å². The highest BCUT2D eigenvalue weighted by Gasteiger charge is 2.30. The molecule has 0 N–H and O–H groups in total. The molecular formula is C12H14F3NO. The first kappa shape index (κ1) is 13.7. The van der Waals surface area contributed by atoms with Crippen molar-refractivity contribution < 1.29 is 18.0 Å². The topological polar surface area (TPSA) is 20.3 Å². The van der Waals surface area contributed by atoms with Crippen LogP contribution in [0.15, 0.2) is 24.3 Å². The Morgan fingerprint density at radius 2 is 1.65 bits per heavy atom. The fourth-order valence-electron chi connectivity index (χ4n) is 1.30. The van der Waals surface area contributed by atoms with E-state index < -0.39 is 11.7 Å². The summed E-state index contributed by atoms with van der Waals surface area (Å²) in [4.78, 5) is 13.5. The zero-order valence-corrected chi connectivity index (χ0v) is 9.88. The molecule has 0 fully saturated rings. The van der Waals surface area contributed by atoms with E-state index in [1.54, 1.807) is 25.9 Å². The van der Waals surface area contributed by atoms with Crippen LogP contribution in [0.2, 0.25) is 0 Å². The summed E-state index contributed by atoms with van der Waals surface area (Å²) < 4.78 is 36.9. The number of ketones is 1. The van der Waals surface area contributed by atoms with Crippen molar-refractivity contribution >= 4 is 5.78 Å². The van der Waals surface area contributed by atoms with Crippen LogP contribution >= 0.6 is 0 Å². The van der Waals surface area contributed by atoms with Crippen LogP contribution in [0.4, 0.5) is 13.2 Å². The summed E-state index contributed by atoms with van der Waals surface area (Å²) in [7, 11) is 3.49. The lowest BCUT2D eigenvalue weighted by Gasteiger charge is -2.18. The van der Waals surface area contributed by atoms with Gasteiger partial charge in [0.1, 0.15) is 0 Å². The Hall–Kier alpha value is -1.36. The summed E-state index contributed by atoms with van der Waals surface area (Å²) in [6, 6.07) is 3.92. The largest absolute Gasteiger partial charge is 0.416 e. The van der Waals surface area contributed by atoms with Gasteiger partial charge in [0.25, 0.3) is 0 Å². The fourth-order valence-corrected chi connectivity index (χ4v) is 1.30. The third kappa shape index (κ3) is 3.30. The van der Waals surface area contributed by atoms with Gasteiger partial charge in [0.15, 0.2) is 5.78 Å². The maximum absolute atomic E-state index is 12.3. The summed E-state index contributed by atoms with van der Waals surface area (Å²) in [5.74, 6) is -0.191. The van der Waals surface area contributed by atoms with Gasteiger partial charge >= 0.3 is 6.18 Å². The molecule has 0 saturated carbocycles. The van der Waals surface area contributed by atoms with Crippen molar-refractivity contribution in [1.82, 2.24) is 4.90 Å². The molecular weight excluding hydrogens is 231 g/mol. The van der Waals surface area contributed by atoms with Gasteiger partial charge in [0.2, 0.25) is 0 Å². The molecule has 0 aliphatic rings. The highest BCUT2D eigenvalue weighted by Crippen LogP contribution is 2.29. The lowest BCUT2D eigenvalue weighted by atomic mass is 10.0. The number of Topliss-reactive ketones (excluding diaryl/α,β-unsaturated/α-hetero) is 1. The Bertz CT molecular complexity index is 395. The molecule has 0 aliphatic heterocycles. The molecule has 0 saturated heterocycles. The second kappa shape index (κ2) is 4.87. The monoisotopic (exact) mass is 245 g/mol. The van der Waals surface area contributed by atoms with Crippen molar-refractivity contribution in [1.29, 1.82) is 0 Å². The molecule has 5 heteroatoms. The van der Waals surface area contributed by atoms with Crippen LogP contribution in [0.1, 0.15) is 22.8 Å². The number of hydrogen-bond donors (Lipinski definition) is 0. The Labute approximate surface area is 98.0 Å². The molecule has 1 aromatic rings. The number of hydrogen-bond acceptors (Lipinski definition) is 2. The van der Waals surface area contributed by atoms with Crippen molar-refractivity contribution in [2.75, 3.05) is 14.1 Å². The van der Waals surface area contributed by atoms with Crippen molar-refractivity contribution in [3.05, 3.63) is 35.4 Å². The molecule has 0 aliphatic carbocycles. The highest BCUT2D eigenvalue weighted by molar-refractivity contribution is 5.99. The number of carbonyl (C=O) groups excluding carboxylic acids is 1. The average molecular weight is 245 g/mol. The molecule has 0 radical (unpaired) electrons. The van der Waals surface area contributed by atoms with E-state index in [1.165, 1.54) is 12.1 Å². The number of benzene rings is 1. The smallest absolute Gasteiger partial charge is 0.300 e. The minimum atomic E-state index is -4.37. The lowest BCUT2D eigenvalue weighted by molar-refractivity contribution is -0.137. The van der Waals surface area contributed by atoms with E-state index in [9.17, 15) is 18.0 Å². The fraction of sp³-hybridized carbons (Fsp3) is 0.417. The Morgan fingerprint density at radius 1 is 1.18 bits per heavy atom. The van der Waals surface area contributed by atoms with E-state index in [0.29, 0.717) is 5.56 Å². The predicted octanol–water partition coefficient (Wildman–Crippen LogP) is 2.84. The molecule has 94 valence electrons. The number of alkyl halides is 3. The van der Waals surface area contributed by atoms with Crippen LogP contribution in [0.25, 0.3) is 0 Å². The standard InChI is InChI=1S/C12H14F3NO/c1-8(16(2)3)11(17)9-4-6-10(7-5-9)12(13,14)15/h4-8H,1-3H3. The van der Waals surface area contributed by atoms with E-state index in [0.717, 1.165) is 12.1 Å². The van der Waals surface area contributed by atoms with Gasteiger partial charge < -0.3 is 0 Å². The number of carbonyl (C=O) groups is 1. The molecule has 1 unspecified atom stereocenters. The third-order valence-corrected chi connectivity index (χ3v) is 2.65. The average Bonchev–Trinajstić information content (AvgIpc) is 2.26. The minimum absolute atomic E-state index is 0.191. The lowest BCUT2D eigenvalue weighted by Crippen LogP contribution is -2.32. The molecule has 1 atom stereocenters. The first-order valence-electron chi connectivity index (χ1n) is 5.11. The van der Waals surface area contributed by atoms with Gasteiger partial charge in [-0.3, -0.25) is 9.69 Å². The number of halogens is 3. The van der Waals surface area contributed by atoms with Crippen LogP contribution < -0.4 is 0 Å². The zero-order chi connectivity index (χ0) is 13.2. The van der Waals surface area contributed by atoms with Crippen LogP contribution in [0.5, 0.6) is 0 Å². The molecule has 1 rings (SSSR count). The van der Waals surface area contributed by atoms with E-state index >= 15 is 0 Å². The van der Waals surface area contributed by atoms with Crippen molar-refractivity contribution in [2.45, 2.75) is 19.1 Å². The van der Waals surface area contributed by atoms with Crippen LogP contribution in [0.3, 0.4) is 0 Å². The normalized spacial score (nSPS) is 13.8. The zero-order valence-electron chi connectivity index (χ0n) is 9.88. The first-order valence-corrected chi connectivity index (χ1v) is 5.11. The third-order valence-electron chi connectivity index (χ3n) is 2.65. The quantitative estimate of drug-likeness (QED) is 0.763.